The molecule has 116 valence electrons. The van der Waals surface area contributed by atoms with Crippen LogP contribution < -0.4 is 10.5 Å². The normalized spacial score (nSPS) is 13.5. The van der Waals surface area contributed by atoms with E-state index in [2.05, 4.69) is 5.32 Å². The van der Waals surface area contributed by atoms with Crippen LogP contribution in [0.3, 0.4) is 0 Å². The number of sulfonamides is 1. The predicted octanol–water partition coefficient (Wildman–Crippen LogP) is 1.02. The summed E-state index contributed by atoms with van der Waals surface area (Å²) in [6.45, 7) is 4.94. The van der Waals surface area contributed by atoms with Crippen LogP contribution in [0.2, 0.25) is 0 Å². The summed E-state index contributed by atoms with van der Waals surface area (Å²) in [5.74, 6) is -3.12. The van der Waals surface area contributed by atoms with Crippen LogP contribution in [-0.4, -0.2) is 25.4 Å². The Morgan fingerprint density at radius 2 is 1.67 bits per heavy atom. The Bertz CT molecular complexity index is 644. The molecule has 0 heterocycles. The third-order valence-corrected chi connectivity index (χ3v) is 3.75. The molecule has 0 aliphatic carbocycles. The Balaban J connectivity index is 2.95. The predicted molar refractivity (Wildman–Crippen MR) is 77.0 cm³/mol. The summed E-state index contributed by atoms with van der Waals surface area (Å²) in [4.78, 5) is 23.2. The molecule has 0 aliphatic heterocycles. The van der Waals surface area contributed by atoms with Gasteiger partial charge in [-0.15, -0.1) is 0 Å². The van der Waals surface area contributed by atoms with Gasteiger partial charge in [0.05, 0.1) is 4.90 Å². The van der Waals surface area contributed by atoms with Crippen LogP contribution in [-0.2, 0) is 19.6 Å². The minimum absolute atomic E-state index is 0.0916. The van der Waals surface area contributed by atoms with Crippen molar-refractivity contribution in [3.8, 4) is 0 Å². The molecule has 1 unspecified atom stereocenters. The van der Waals surface area contributed by atoms with Crippen LogP contribution in [0.4, 0.5) is 5.69 Å². The van der Waals surface area contributed by atoms with Crippen LogP contribution in [0, 0.1) is 11.3 Å². The van der Waals surface area contributed by atoms with Crippen molar-refractivity contribution in [2.45, 2.75) is 25.7 Å². The first-order valence-corrected chi connectivity index (χ1v) is 7.64. The van der Waals surface area contributed by atoms with Gasteiger partial charge < -0.3 is 10.4 Å². The van der Waals surface area contributed by atoms with Gasteiger partial charge in [0.1, 0.15) is 5.92 Å². The SMILES string of the molecule is CC(C)(C)C(C(=O)O)C(=O)Nc1ccc(S(N)(=O)=O)cc1. The first-order chi connectivity index (χ1) is 9.43. The van der Waals surface area contributed by atoms with E-state index in [-0.39, 0.29) is 4.90 Å². The van der Waals surface area contributed by atoms with Crippen molar-refractivity contribution in [1.29, 1.82) is 0 Å². The molecule has 1 amide bonds. The molecule has 4 N–H and O–H groups in total. The largest absolute Gasteiger partial charge is 0.481 e. The zero-order valence-electron chi connectivity index (χ0n) is 12.0. The molecule has 1 aromatic carbocycles. The molecule has 0 aliphatic rings. The van der Waals surface area contributed by atoms with Crippen LogP contribution in [0.15, 0.2) is 29.2 Å². The van der Waals surface area contributed by atoms with Gasteiger partial charge in [0.15, 0.2) is 0 Å². The average Bonchev–Trinajstić information content (AvgIpc) is 2.25. The lowest BCUT2D eigenvalue weighted by molar-refractivity contribution is -0.149. The van der Waals surface area contributed by atoms with E-state index >= 15 is 0 Å². The molecule has 0 bridgehead atoms. The van der Waals surface area contributed by atoms with Gasteiger partial charge in [0.2, 0.25) is 15.9 Å². The number of nitrogens with two attached hydrogens (primary N) is 1. The van der Waals surface area contributed by atoms with E-state index in [4.69, 9.17) is 10.2 Å². The molecular formula is C13H18N2O5S. The molecule has 0 saturated heterocycles. The van der Waals surface area contributed by atoms with Crippen LogP contribution in [0.5, 0.6) is 0 Å². The highest BCUT2D eigenvalue weighted by Gasteiger charge is 2.37. The van der Waals surface area contributed by atoms with Crippen molar-refractivity contribution in [2.75, 3.05) is 5.32 Å². The van der Waals surface area contributed by atoms with Crippen molar-refractivity contribution in [3.63, 3.8) is 0 Å². The fourth-order valence-corrected chi connectivity index (χ4v) is 2.33. The summed E-state index contributed by atoms with van der Waals surface area (Å²) >= 11 is 0. The first kappa shape index (κ1) is 17.1. The van der Waals surface area contributed by atoms with Gasteiger partial charge in [0, 0.05) is 5.69 Å². The molecule has 1 atom stereocenters. The number of amides is 1. The molecule has 0 fully saturated rings. The van der Waals surface area contributed by atoms with E-state index in [0.717, 1.165) is 0 Å². The summed E-state index contributed by atoms with van der Waals surface area (Å²) < 4.78 is 22.2. The van der Waals surface area contributed by atoms with E-state index in [0.29, 0.717) is 5.69 Å². The summed E-state index contributed by atoms with van der Waals surface area (Å²) in [5.41, 5.74) is -0.459. The molecular weight excluding hydrogens is 296 g/mol. The van der Waals surface area contributed by atoms with Gasteiger partial charge in [-0.05, 0) is 29.7 Å². The quantitative estimate of drug-likeness (QED) is 0.715. The number of benzene rings is 1. The number of carbonyl (C=O) groups is 2. The van der Waals surface area contributed by atoms with Crippen molar-refractivity contribution >= 4 is 27.6 Å². The maximum Gasteiger partial charge on any atom is 0.316 e. The maximum absolute atomic E-state index is 12.0. The average molecular weight is 314 g/mol. The van der Waals surface area contributed by atoms with Crippen LogP contribution >= 0.6 is 0 Å². The number of hydrogen-bond donors (Lipinski definition) is 3. The second-order valence-corrected chi connectivity index (χ2v) is 7.26. The minimum Gasteiger partial charge on any atom is -0.481 e. The molecule has 1 rings (SSSR count). The highest BCUT2D eigenvalue weighted by molar-refractivity contribution is 7.89. The maximum atomic E-state index is 12.0. The van der Waals surface area contributed by atoms with Crippen molar-refractivity contribution < 1.29 is 23.1 Å². The third-order valence-electron chi connectivity index (χ3n) is 2.83. The first-order valence-electron chi connectivity index (χ1n) is 6.09. The lowest BCUT2D eigenvalue weighted by Crippen LogP contribution is -2.39. The Labute approximate surface area is 123 Å². The van der Waals surface area contributed by atoms with E-state index < -0.39 is 33.2 Å². The van der Waals surface area contributed by atoms with E-state index in [1.165, 1.54) is 24.3 Å². The molecule has 1 aromatic rings. The Hall–Kier alpha value is -1.93. The zero-order valence-corrected chi connectivity index (χ0v) is 12.8. The lowest BCUT2D eigenvalue weighted by atomic mass is 9.80. The number of carboxylic acids is 1. The number of hydrogen-bond acceptors (Lipinski definition) is 4. The number of anilines is 1. The third kappa shape index (κ3) is 4.54. The summed E-state index contributed by atoms with van der Waals surface area (Å²) in [7, 11) is -3.81. The summed E-state index contributed by atoms with van der Waals surface area (Å²) in [6.07, 6.45) is 0. The van der Waals surface area contributed by atoms with Gasteiger partial charge in [-0.2, -0.15) is 0 Å². The van der Waals surface area contributed by atoms with E-state index in [9.17, 15) is 18.0 Å². The van der Waals surface area contributed by atoms with Gasteiger partial charge in [0.25, 0.3) is 0 Å². The fourth-order valence-electron chi connectivity index (χ4n) is 1.82. The molecule has 0 radical (unpaired) electrons. The number of rotatable bonds is 4. The molecule has 7 nitrogen and oxygen atoms in total. The van der Waals surface area contributed by atoms with Crippen LogP contribution in [0.25, 0.3) is 0 Å². The molecule has 0 aromatic heterocycles. The number of primary sulfonamides is 1. The van der Waals surface area contributed by atoms with Crippen LogP contribution in [0.1, 0.15) is 20.8 Å². The van der Waals surface area contributed by atoms with E-state index in [1.807, 2.05) is 0 Å². The van der Waals surface area contributed by atoms with E-state index in [1.54, 1.807) is 20.8 Å². The standard InChI is InChI=1S/C13H18N2O5S/c1-13(2,3)10(12(17)18)11(16)15-8-4-6-9(7-5-8)21(14,19)20/h4-7,10H,1-3H3,(H,15,16)(H,17,18)(H2,14,19,20). The second-order valence-electron chi connectivity index (χ2n) is 5.70. The molecule has 0 spiro atoms. The monoisotopic (exact) mass is 314 g/mol. The van der Waals surface area contributed by atoms with Gasteiger partial charge >= 0.3 is 5.97 Å². The molecule has 0 saturated carbocycles. The highest BCUT2D eigenvalue weighted by atomic mass is 32.2. The van der Waals surface area contributed by atoms with Crippen molar-refractivity contribution in [1.82, 2.24) is 0 Å². The zero-order chi connectivity index (χ0) is 16.4. The van der Waals surface area contributed by atoms with Gasteiger partial charge in [-0.3, -0.25) is 9.59 Å². The topological polar surface area (TPSA) is 127 Å². The Morgan fingerprint density at radius 1 is 1.19 bits per heavy atom. The summed E-state index contributed by atoms with van der Waals surface area (Å²) in [6, 6.07) is 5.16. The number of aliphatic carboxylic acids is 1. The van der Waals surface area contributed by atoms with Crippen molar-refractivity contribution in [2.24, 2.45) is 16.5 Å². The second kappa shape index (κ2) is 5.82. The van der Waals surface area contributed by atoms with Crippen molar-refractivity contribution in [3.05, 3.63) is 24.3 Å². The van der Waals surface area contributed by atoms with Gasteiger partial charge in [-0.25, -0.2) is 13.6 Å². The summed E-state index contributed by atoms with van der Waals surface area (Å²) in [5, 5.41) is 16.6. The number of nitrogens with one attached hydrogen (secondary N) is 1. The fraction of sp³-hybridized carbons (Fsp3) is 0.385. The number of carbonyl (C=O) groups excluding carboxylic acids is 1. The number of carboxylic acid groups (broad SMARTS) is 1. The highest BCUT2D eigenvalue weighted by Crippen LogP contribution is 2.27. The molecule has 21 heavy (non-hydrogen) atoms. The Morgan fingerprint density at radius 3 is 2.00 bits per heavy atom. The smallest absolute Gasteiger partial charge is 0.316 e. The van der Waals surface area contributed by atoms with Gasteiger partial charge in [-0.1, -0.05) is 20.8 Å². The lowest BCUT2D eigenvalue weighted by Gasteiger charge is -2.25. The minimum atomic E-state index is -3.81. The molecule has 8 heteroatoms. The Kier molecular flexibility index (Phi) is 4.75.